The van der Waals surface area contributed by atoms with Crippen molar-refractivity contribution in [2.75, 3.05) is 13.7 Å². The van der Waals surface area contributed by atoms with Crippen LogP contribution in [0.1, 0.15) is 29.9 Å². The second-order valence-corrected chi connectivity index (χ2v) is 6.25. The molecule has 3 rings (SSSR count). The molecule has 122 valence electrons. The van der Waals surface area contributed by atoms with Gasteiger partial charge in [-0.2, -0.15) is 13.2 Å². The Morgan fingerprint density at radius 1 is 1.36 bits per heavy atom. The lowest BCUT2D eigenvalue weighted by Gasteiger charge is -2.45. The highest BCUT2D eigenvalue weighted by Crippen LogP contribution is 2.65. The van der Waals surface area contributed by atoms with E-state index in [1.54, 1.807) is 18.2 Å². The number of fused-ring (bicyclic) bond motifs is 3. The van der Waals surface area contributed by atoms with E-state index in [9.17, 15) is 23.4 Å². The molecular weight excluding hydrogens is 297 g/mol. The summed E-state index contributed by atoms with van der Waals surface area (Å²) in [5.74, 6) is -1.35. The van der Waals surface area contributed by atoms with E-state index in [0.29, 0.717) is 11.3 Å². The number of methoxy groups -OCH3 is 1. The van der Waals surface area contributed by atoms with Gasteiger partial charge in [0.25, 0.3) is 0 Å². The van der Waals surface area contributed by atoms with Crippen molar-refractivity contribution in [3.8, 4) is 5.75 Å². The molecular formula is C16H19F3O3. The van der Waals surface area contributed by atoms with Crippen molar-refractivity contribution < 1.29 is 28.1 Å². The number of hydrogen-bond donors (Lipinski definition) is 2. The fourth-order valence-corrected chi connectivity index (χ4v) is 4.42. The predicted octanol–water partition coefficient (Wildman–Crippen LogP) is 2.65. The van der Waals surface area contributed by atoms with Crippen molar-refractivity contribution in [3.05, 3.63) is 29.3 Å². The van der Waals surface area contributed by atoms with Crippen molar-refractivity contribution in [2.45, 2.75) is 37.5 Å². The van der Waals surface area contributed by atoms with Crippen LogP contribution in [0.25, 0.3) is 0 Å². The molecule has 0 bridgehead atoms. The number of alkyl halides is 3. The van der Waals surface area contributed by atoms with E-state index in [1.165, 1.54) is 7.11 Å². The first-order valence-corrected chi connectivity index (χ1v) is 7.37. The average molecular weight is 316 g/mol. The summed E-state index contributed by atoms with van der Waals surface area (Å²) in [5.41, 5.74) is -0.572. The van der Waals surface area contributed by atoms with Gasteiger partial charge in [0, 0.05) is 18.4 Å². The zero-order chi connectivity index (χ0) is 16.1. The van der Waals surface area contributed by atoms with Gasteiger partial charge >= 0.3 is 6.18 Å². The van der Waals surface area contributed by atoms with Crippen molar-refractivity contribution in [3.63, 3.8) is 0 Å². The third-order valence-electron chi connectivity index (χ3n) is 5.48. The van der Waals surface area contributed by atoms with Crippen LogP contribution >= 0.6 is 0 Å². The molecule has 0 unspecified atom stereocenters. The molecule has 0 radical (unpaired) electrons. The zero-order valence-corrected chi connectivity index (χ0v) is 12.2. The Morgan fingerprint density at radius 2 is 2.09 bits per heavy atom. The molecule has 3 nitrogen and oxygen atoms in total. The van der Waals surface area contributed by atoms with E-state index in [4.69, 9.17) is 4.74 Å². The summed E-state index contributed by atoms with van der Waals surface area (Å²) < 4.78 is 46.8. The molecule has 0 heterocycles. The van der Waals surface area contributed by atoms with Gasteiger partial charge in [-0.15, -0.1) is 0 Å². The van der Waals surface area contributed by atoms with Crippen LogP contribution in [0.4, 0.5) is 13.2 Å². The summed E-state index contributed by atoms with van der Waals surface area (Å²) in [6.07, 6.45) is -5.40. The van der Waals surface area contributed by atoms with Crippen LogP contribution in [0.15, 0.2) is 18.2 Å². The first kappa shape index (κ1) is 15.6. The smallest absolute Gasteiger partial charge is 0.395 e. The molecule has 1 aromatic rings. The Kier molecular flexibility index (Phi) is 3.64. The number of ether oxygens (including phenoxy) is 1. The molecule has 22 heavy (non-hydrogen) atoms. The summed E-state index contributed by atoms with van der Waals surface area (Å²) >= 11 is 0. The molecule has 1 fully saturated rings. The first-order chi connectivity index (χ1) is 10.3. The number of aliphatic hydroxyl groups is 2. The number of aryl methyl sites for hydroxylation is 1. The molecule has 1 saturated carbocycles. The molecule has 0 amide bonds. The number of halogens is 3. The lowest BCUT2D eigenvalue weighted by Crippen LogP contribution is -2.49. The normalized spacial score (nSPS) is 34.2. The SMILES string of the molecule is COc1ccc2c(c1)CC[C@@]1(C(F)(F)F)[C@@H]2C[C@H](O)[C@@H]1CO. The van der Waals surface area contributed by atoms with Gasteiger partial charge in [-0.05, 0) is 42.5 Å². The van der Waals surface area contributed by atoms with E-state index < -0.39 is 36.1 Å². The van der Waals surface area contributed by atoms with Crippen molar-refractivity contribution >= 4 is 0 Å². The monoisotopic (exact) mass is 316 g/mol. The molecule has 2 aliphatic rings. The topological polar surface area (TPSA) is 49.7 Å². The fraction of sp³-hybridized carbons (Fsp3) is 0.625. The Hall–Kier alpha value is -1.27. The third-order valence-corrected chi connectivity index (χ3v) is 5.48. The Morgan fingerprint density at radius 3 is 2.68 bits per heavy atom. The second kappa shape index (κ2) is 5.13. The quantitative estimate of drug-likeness (QED) is 0.882. The third kappa shape index (κ3) is 1.97. The second-order valence-electron chi connectivity index (χ2n) is 6.25. The van der Waals surface area contributed by atoms with Gasteiger partial charge in [-0.1, -0.05) is 6.07 Å². The van der Waals surface area contributed by atoms with E-state index in [0.717, 1.165) is 5.56 Å². The minimum Gasteiger partial charge on any atom is -0.497 e. The van der Waals surface area contributed by atoms with Crippen molar-refractivity contribution in [1.82, 2.24) is 0 Å². The molecule has 2 N–H and O–H groups in total. The lowest BCUT2D eigenvalue weighted by molar-refractivity contribution is -0.254. The van der Waals surface area contributed by atoms with Crippen LogP contribution in [-0.2, 0) is 6.42 Å². The summed E-state index contributed by atoms with van der Waals surface area (Å²) in [4.78, 5) is 0. The van der Waals surface area contributed by atoms with Crippen LogP contribution in [0.5, 0.6) is 5.75 Å². The summed E-state index contributed by atoms with van der Waals surface area (Å²) in [6.45, 7) is -0.650. The van der Waals surface area contributed by atoms with Crippen LogP contribution < -0.4 is 4.74 Å². The molecule has 2 aliphatic carbocycles. The van der Waals surface area contributed by atoms with Crippen LogP contribution in [-0.4, -0.2) is 36.2 Å². The average Bonchev–Trinajstić information content (AvgIpc) is 2.78. The molecule has 0 aliphatic heterocycles. The van der Waals surface area contributed by atoms with Crippen molar-refractivity contribution in [2.24, 2.45) is 11.3 Å². The standard InChI is InChI=1S/C16H19F3O3/c1-22-10-2-3-11-9(6-10)4-5-15(16(17,18)19)12(11)7-14(21)13(15)8-20/h2-3,6,12-14,20-21H,4-5,7-8H2,1H3/t12-,13+,14+,15-/m1/s1. The Bertz CT molecular complexity index is 572. The number of aliphatic hydroxyl groups excluding tert-OH is 2. The maximum absolute atomic E-state index is 13.9. The maximum atomic E-state index is 13.9. The Balaban J connectivity index is 2.13. The van der Waals surface area contributed by atoms with Crippen molar-refractivity contribution in [1.29, 1.82) is 0 Å². The highest BCUT2D eigenvalue weighted by molar-refractivity contribution is 5.43. The number of hydrogen-bond acceptors (Lipinski definition) is 3. The zero-order valence-electron chi connectivity index (χ0n) is 12.2. The summed E-state index contributed by atoms with van der Waals surface area (Å²) in [7, 11) is 1.52. The van der Waals surface area contributed by atoms with E-state index in [1.807, 2.05) is 0 Å². The van der Waals surface area contributed by atoms with Crippen LogP contribution in [0.3, 0.4) is 0 Å². The largest absolute Gasteiger partial charge is 0.497 e. The maximum Gasteiger partial charge on any atom is 0.395 e. The summed E-state index contributed by atoms with van der Waals surface area (Å²) in [6, 6.07) is 5.10. The van der Waals surface area contributed by atoms with E-state index in [-0.39, 0.29) is 19.3 Å². The number of benzene rings is 1. The molecule has 0 aromatic heterocycles. The fourth-order valence-electron chi connectivity index (χ4n) is 4.42. The number of rotatable bonds is 2. The molecule has 0 saturated heterocycles. The minimum absolute atomic E-state index is 0.0318. The molecule has 0 spiro atoms. The first-order valence-electron chi connectivity index (χ1n) is 7.37. The minimum atomic E-state index is -4.46. The van der Waals surface area contributed by atoms with Crippen LogP contribution in [0.2, 0.25) is 0 Å². The van der Waals surface area contributed by atoms with Gasteiger partial charge in [0.2, 0.25) is 0 Å². The van der Waals surface area contributed by atoms with Gasteiger partial charge in [-0.3, -0.25) is 0 Å². The molecule has 6 heteroatoms. The summed E-state index contributed by atoms with van der Waals surface area (Å²) in [5, 5.41) is 19.5. The Labute approximate surface area is 126 Å². The van der Waals surface area contributed by atoms with Gasteiger partial charge in [0.15, 0.2) is 0 Å². The highest BCUT2D eigenvalue weighted by Gasteiger charge is 2.69. The highest BCUT2D eigenvalue weighted by atomic mass is 19.4. The van der Waals surface area contributed by atoms with Gasteiger partial charge in [0.05, 0.1) is 18.6 Å². The van der Waals surface area contributed by atoms with Gasteiger partial charge < -0.3 is 14.9 Å². The predicted molar refractivity (Wildman–Crippen MR) is 73.7 cm³/mol. The van der Waals surface area contributed by atoms with E-state index in [2.05, 4.69) is 0 Å². The van der Waals surface area contributed by atoms with Gasteiger partial charge in [-0.25, -0.2) is 0 Å². The lowest BCUT2D eigenvalue weighted by atomic mass is 9.61. The molecule has 1 aromatic carbocycles. The molecule has 4 atom stereocenters. The van der Waals surface area contributed by atoms with Gasteiger partial charge in [0.1, 0.15) is 5.75 Å². The van der Waals surface area contributed by atoms with Crippen LogP contribution in [0, 0.1) is 11.3 Å². The van der Waals surface area contributed by atoms with E-state index >= 15 is 0 Å².